The minimum atomic E-state index is 0.914. The fourth-order valence-electron chi connectivity index (χ4n) is 7.93. The van der Waals surface area contributed by atoms with Crippen LogP contribution in [0.1, 0.15) is 0 Å². The average Bonchev–Trinajstić information content (AvgIpc) is 3.78. The molecule has 0 radical (unpaired) electrons. The maximum absolute atomic E-state index is 6.60. The van der Waals surface area contributed by atoms with Crippen LogP contribution in [0, 0.1) is 0 Å². The first-order valence-electron chi connectivity index (χ1n) is 15.7. The molecule has 7 aromatic carbocycles. The number of furan rings is 1. The minimum Gasteiger partial charge on any atom is -0.454 e. The second-order valence-electron chi connectivity index (χ2n) is 12.2. The van der Waals surface area contributed by atoms with Crippen molar-refractivity contribution >= 4 is 82.6 Å². The molecule has 46 heavy (non-hydrogen) atoms. The lowest BCUT2D eigenvalue weighted by atomic mass is 10.1. The fourth-order valence-corrected chi connectivity index (χ4v) is 7.93. The topological polar surface area (TPSA) is 26.2 Å². The van der Waals surface area contributed by atoms with Gasteiger partial charge in [-0.25, -0.2) is 0 Å². The van der Waals surface area contributed by atoms with Crippen molar-refractivity contribution in [3.8, 4) is 11.4 Å². The summed E-state index contributed by atoms with van der Waals surface area (Å²) >= 11 is 0. The zero-order valence-corrected chi connectivity index (χ0v) is 24.7. The average molecular weight is 588 g/mol. The first kappa shape index (κ1) is 24.1. The van der Waals surface area contributed by atoms with Crippen LogP contribution in [-0.2, 0) is 0 Å². The van der Waals surface area contributed by atoms with E-state index < -0.39 is 0 Å². The number of anilines is 3. The number of hydrogen-bond acceptors (Lipinski definition) is 2. The summed E-state index contributed by atoms with van der Waals surface area (Å²) in [5.74, 6) is 0. The highest BCUT2D eigenvalue weighted by Crippen LogP contribution is 2.51. The third kappa shape index (κ3) is 2.98. The van der Waals surface area contributed by atoms with Crippen LogP contribution in [0.3, 0.4) is 0 Å². The number of rotatable bonds is 2. The van der Waals surface area contributed by atoms with Crippen LogP contribution in [0.15, 0.2) is 156 Å². The van der Waals surface area contributed by atoms with Gasteiger partial charge in [-0.2, -0.15) is 0 Å². The Hall–Kier alpha value is -6.26. The minimum absolute atomic E-state index is 0.914. The number of para-hydroxylation sites is 6. The van der Waals surface area contributed by atoms with Crippen LogP contribution in [0.25, 0.3) is 76.9 Å². The maximum Gasteiger partial charge on any atom is 0.160 e. The van der Waals surface area contributed by atoms with Gasteiger partial charge in [0.05, 0.1) is 39.1 Å². The Morgan fingerprint density at radius 1 is 0.348 bits per heavy atom. The maximum atomic E-state index is 6.60. The summed E-state index contributed by atoms with van der Waals surface area (Å²) in [6, 6.07) is 54.5. The standard InChI is InChI=1S/C42H25N3O/c1-4-14-34-28(10-1)29-11-2-5-15-35(29)43(34)26-20-22-27(23-21-26)44-36-16-6-7-17-37(36)45-40-31(13-9-18-38(40)44)32-24-25-33-30-12-3-8-19-39(30)46-42(33)41(32)45/h1-25H. The van der Waals surface area contributed by atoms with E-state index in [-0.39, 0.29) is 0 Å². The predicted molar refractivity (Wildman–Crippen MR) is 191 cm³/mol. The number of aromatic nitrogens is 2. The van der Waals surface area contributed by atoms with Crippen LogP contribution in [0.4, 0.5) is 17.1 Å². The van der Waals surface area contributed by atoms with E-state index in [1.165, 1.54) is 38.1 Å². The molecule has 4 heteroatoms. The lowest BCUT2D eigenvalue weighted by molar-refractivity contribution is 0.671. The van der Waals surface area contributed by atoms with Gasteiger partial charge in [-0.1, -0.05) is 84.9 Å². The Labute approximate surface area is 263 Å². The monoisotopic (exact) mass is 587 g/mol. The summed E-state index contributed by atoms with van der Waals surface area (Å²) in [5.41, 5.74) is 12.3. The quantitative estimate of drug-likeness (QED) is 0.201. The smallest absolute Gasteiger partial charge is 0.160 e. The predicted octanol–water partition coefficient (Wildman–Crippen LogP) is 11.6. The van der Waals surface area contributed by atoms with Crippen LogP contribution >= 0.6 is 0 Å². The van der Waals surface area contributed by atoms with Gasteiger partial charge in [-0.15, -0.1) is 0 Å². The van der Waals surface area contributed by atoms with Gasteiger partial charge in [0.1, 0.15) is 5.58 Å². The van der Waals surface area contributed by atoms with Gasteiger partial charge >= 0.3 is 0 Å². The summed E-state index contributed by atoms with van der Waals surface area (Å²) in [5, 5.41) is 7.24. The molecule has 0 aliphatic carbocycles. The molecule has 0 saturated carbocycles. The van der Waals surface area contributed by atoms with E-state index >= 15 is 0 Å². The van der Waals surface area contributed by atoms with Gasteiger partial charge < -0.3 is 18.5 Å². The summed E-state index contributed by atoms with van der Waals surface area (Å²) in [4.78, 5) is 2.40. The van der Waals surface area contributed by atoms with Gasteiger partial charge in [-0.3, -0.25) is 0 Å². The van der Waals surface area contributed by atoms with Crippen LogP contribution < -0.4 is 4.90 Å². The van der Waals surface area contributed by atoms with Crippen molar-refractivity contribution in [2.45, 2.75) is 0 Å². The largest absolute Gasteiger partial charge is 0.454 e. The van der Waals surface area contributed by atoms with E-state index in [0.717, 1.165) is 55.9 Å². The molecular weight excluding hydrogens is 562 g/mol. The number of benzene rings is 7. The van der Waals surface area contributed by atoms with Crippen LogP contribution in [0.2, 0.25) is 0 Å². The molecule has 11 rings (SSSR count). The fraction of sp³-hybridized carbons (Fsp3) is 0. The Kier molecular flexibility index (Phi) is 4.55. The highest BCUT2D eigenvalue weighted by Gasteiger charge is 2.30. The Morgan fingerprint density at radius 2 is 0.913 bits per heavy atom. The van der Waals surface area contributed by atoms with Crippen LogP contribution in [0.5, 0.6) is 0 Å². The van der Waals surface area contributed by atoms with Gasteiger partial charge in [-0.05, 0) is 66.7 Å². The third-order valence-electron chi connectivity index (χ3n) is 9.82. The number of fused-ring (bicyclic) bond motifs is 12. The molecule has 0 amide bonds. The Balaban J connectivity index is 1.16. The molecule has 4 nitrogen and oxygen atoms in total. The molecule has 1 aliphatic rings. The zero-order chi connectivity index (χ0) is 29.9. The highest BCUT2D eigenvalue weighted by molar-refractivity contribution is 6.24. The molecule has 0 spiro atoms. The Morgan fingerprint density at radius 3 is 1.70 bits per heavy atom. The Bertz CT molecular complexity index is 2810. The van der Waals surface area contributed by atoms with Crippen molar-refractivity contribution in [2.24, 2.45) is 0 Å². The van der Waals surface area contributed by atoms with E-state index in [9.17, 15) is 0 Å². The lowest BCUT2D eigenvalue weighted by Crippen LogP contribution is -2.18. The molecule has 0 saturated heterocycles. The molecule has 1 aliphatic heterocycles. The number of hydrogen-bond donors (Lipinski definition) is 0. The molecule has 3 aromatic heterocycles. The second-order valence-corrected chi connectivity index (χ2v) is 12.2. The van der Waals surface area contributed by atoms with Crippen molar-refractivity contribution in [3.63, 3.8) is 0 Å². The first-order chi connectivity index (χ1) is 22.8. The molecule has 0 bridgehead atoms. The molecule has 4 heterocycles. The zero-order valence-electron chi connectivity index (χ0n) is 24.7. The van der Waals surface area contributed by atoms with E-state index in [1.54, 1.807) is 0 Å². The van der Waals surface area contributed by atoms with Gasteiger partial charge in [0, 0.05) is 43.7 Å². The molecule has 0 N–H and O–H groups in total. The highest BCUT2D eigenvalue weighted by atomic mass is 16.3. The van der Waals surface area contributed by atoms with Crippen molar-refractivity contribution in [2.75, 3.05) is 4.90 Å². The van der Waals surface area contributed by atoms with Crippen LogP contribution in [-0.4, -0.2) is 9.13 Å². The lowest BCUT2D eigenvalue weighted by Gasteiger charge is -2.33. The summed E-state index contributed by atoms with van der Waals surface area (Å²) < 4.78 is 11.4. The summed E-state index contributed by atoms with van der Waals surface area (Å²) in [7, 11) is 0. The molecular formula is C42H25N3O. The number of nitrogens with zero attached hydrogens (tertiary/aromatic N) is 3. The normalized spacial score (nSPS) is 12.7. The summed E-state index contributed by atoms with van der Waals surface area (Å²) in [6.07, 6.45) is 0. The summed E-state index contributed by atoms with van der Waals surface area (Å²) in [6.45, 7) is 0. The van der Waals surface area contributed by atoms with Crippen molar-refractivity contribution < 1.29 is 4.42 Å². The molecule has 0 atom stereocenters. The van der Waals surface area contributed by atoms with E-state index in [1.807, 2.05) is 6.07 Å². The van der Waals surface area contributed by atoms with Gasteiger partial charge in [0.2, 0.25) is 0 Å². The van der Waals surface area contributed by atoms with E-state index in [2.05, 4.69) is 160 Å². The van der Waals surface area contributed by atoms with Crippen molar-refractivity contribution in [1.29, 1.82) is 0 Å². The third-order valence-corrected chi connectivity index (χ3v) is 9.82. The van der Waals surface area contributed by atoms with E-state index in [4.69, 9.17) is 4.42 Å². The van der Waals surface area contributed by atoms with Crippen molar-refractivity contribution in [1.82, 2.24) is 9.13 Å². The van der Waals surface area contributed by atoms with Gasteiger partial charge in [0.25, 0.3) is 0 Å². The molecule has 10 aromatic rings. The molecule has 0 unspecified atom stereocenters. The molecule has 0 fully saturated rings. The second kappa shape index (κ2) is 8.68. The molecule has 214 valence electrons. The first-order valence-corrected chi connectivity index (χ1v) is 15.7. The SMILES string of the molecule is c1ccc2c(c1)N(c1ccc(-n3c4ccccc4c4ccccc43)cc1)c1cccc3c4ccc5c6ccccc6oc5c4n-2c13. The van der Waals surface area contributed by atoms with Gasteiger partial charge in [0.15, 0.2) is 5.58 Å². The van der Waals surface area contributed by atoms with Crippen molar-refractivity contribution in [3.05, 3.63) is 152 Å². The van der Waals surface area contributed by atoms with E-state index in [0.29, 0.717) is 0 Å².